The highest BCUT2D eigenvalue weighted by Crippen LogP contribution is 2.26. The van der Waals surface area contributed by atoms with Crippen LogP contribution in [0.2, 0.25) is 0 Å². The Kier molecular flexibility index (Phi) is 9.47. The molecule has 0 bridgehead atoms. The Bertz CT molecular complexity index is 611. The molecule has 2 heterocycles. The van der Waals surface area contributed by atoms with Crippen LogP contribution >= 0.6 is 35.3 Å². The molecule has 5 nitrogen and oxygen atoms in total. The minimum absolute atomic E-state index is 0. The number of nitrogens with zero attached hydrogens (tertiary/aromatic N) is 3. The second-order valence-corrected chi connectivity index (χ2v) is 9.96. The summed E-state index contributed by atoms with van der Waals surface area (Å²) in [7, 11) is 1.87. The summed E-state index contributed by atoms with van der Waals surface area (Å²) >= 11 is 1.77. The van der Waals surface area contributed by atoms with E-state index in [0.717, 1.165) is 25.0 Å². The van der Waals surface area contributed by atoms with Crippen LogP contribution in [0, 0.1) is 0 Å². The lowest BCUT2D eigenvalue weighted by molar-refractivity contribution is 0.150. The summed E-state index contributed by atoms with van der Waals surface area (Å²) in [5.41, 5.74) is 1.33. The highest BCUT2D eigenvalue weighted by molar-refractivity contribution is 14.0. The number of hydrogen-bond donors (Lipinski definition) is 2. The molecule has 1 aliphatic heterocycles. The van der Waals surface area contributed by atoms with E-state index in [0.29, 0.717) is 6.04 Å². The molecule has 0 unspecified atom stereocenters. The van der Waals surface area contributed by atoms with Gasteiger partial charge in [-0.05, 0) is 25.7 Å². The van der Waals surface area contributed by atoms with Crippen molar-refractivity contribution in [3.05, 3.63) is 16.1 Å². The second kappa shape index (κ2) is 11.1. The molecule has 1 saturated heterocycles. The molecule has 3 rings (SSSR count). The van der Waals surface area contributed by atoms with Gasteiger partial charge in [-0.3, -0.25) is 4.99 Å². The zero-order valence-corrected chi connectivity index (χ0v) is 21.1. The Morgan fingerprint density at radius 3 is 2.46 bits per heavy atom. The zero-order valence-electron chi connectivity index (χ0n) is 18.0. The van der Waals surface area contributed by atoms with Crippen LogP contribution in [0.15, 0.2) is 10.4 Å². The van der Waals surface area contributed by atoms with E-state index in [1.165, 1.54) is 62.3 Å². The van der Waals surface area contributed by atoms with Gasteiger partial charge in [-0.1, -0.05) is 33.6 Å². The Hall–Kier alpha value is -0.410. The van der Waals surface area contributed by atoms with Gasteiger partial charge < -0.3 is 15.5 Å². The monoisotopic (exact) mass is 519 g/mol. The van der Waals surface area contributed by atoms with Crippen LogP contribution in [-0.2, 0) is 11.8 Å². The van der Waals surface area contributed by atoms with Gasteiger partial charge in [0.15, 0.2) is 5.96 Å². The Morgan fingerprint density at radius 1 is 1.21 bits per heavy atom. The van der Waals surface area contributed by atoms with Crippen LogP contribution in [0.25, 0.3) is 0 Å². The SMILES string of the molecule is CN=C(NCCc1nc(C(C)(C)C)cs1)NC1CCN(C2CCCC2)CC1.I. The molecular weight excluding hydrogens is 481 g/mol. The van der Waals surface area contributed by atoms with Gasteiger partial charge in [0.2, 0.25) is 0 Å². The molecule has 160 valence electrons. The van der Waals surface area contributed by atoms with Gasteiger partial charge in [0, 0.05) is 56.0 Å². The molecule has 2 N–H and O–H groups in total. The fourth-order valence-corrected chi connectivity index (χ4v) is 5.15. The molecule has 0 atom stereocenters. The smallest absolute Gasteiger partial charge is 0.191 e. The van der Waals surface area contributed by atoms with Gasteiger partial charge in [-0.2, -0.15) is 0 Å². The number of aromatic nitrogens is 1. The maximum Gasteiger partial charge on any atom is 0.191 e. The van der Waals surface area contributed by atoms with Gasteiger partial charge in [-0.15, -0.1) is 35.3 Å². The molecule has 0 aromatic carbocycles. The lowest BCUT2D eigenvalue weighted by Gasteiger charge is -2.36. The largest absolute Gasteiger partial charge is 0.356 e. The maximum absolute atomic E-state index is 4.78. The standard InChI is InChI=1S/C21H37N5S.HI/c1-21(2,3)18-15-27-19(25-18)9-12-23-20(22-4)24-16-10-13-26(14-11-16)17-7-5-6-8-17;/h15-17H,5-14H2,1-4H3,(H2,22,23,24);1H. The number of guanidine groups is 1. The van der Waals surface area contributed by atoms with Crippen molar-refractivity contribution in [1.29, 1.82) is 0 Å². The topological polar surface area (TPSA) is 52.6 Å². The van der Waals surface area contributed by atoms with Crippen molar-refractivity contribution in [3.63, 3.8) is 0 Å². The van der Waals surface area contributed by atoms with Gasteiger partial charge in [-0.25, -0.2) is 4.98 Å². The predicted octanol–water partition coefficient (Wildman–Crippen LogP) is 4.17. The first-order chi connectivity index (χ1) is 13.0. The van der Waals surface area contributed by atoms with E-state index in [2.05, 4.69) is 46.7 Å². The van der Waals surface area contributed by atoms with Crippen LogP contribution in [0.4, 0.5) is 0 Å². The van der Waals surface area contributed by atoms with Crippen LogP contribution in [0.5, 0.6) is 0 Å². The van der Waals surface area contributed by atoms with E-state index in [-0.39, 0.29) is 29.4 Å². The Labute approximate surface area is 192 Å². The number of halogens is 1. The zero-order chi connectivity index (χ0) is 19.3. The van der Waals surface area contributed by atoms with Crippen molar-refractivity contribution < 1.29 is 0 Å². The van der Waals surface area contributed by atoms with Gasteiger partial charge >= 0.3 is 0 Å². The van der Waals surface area contributed by atoms with E-state index < -0.39 is 0 Å². The van der Waals surface area contributed by atoms with E-state index in [1.807, 2.05) is 7.05 Å². The summed E-state index contributed by atoms with van der Waals surface area (Å²) in [6, 6.07) is 1.40. The summed E-state index contributed by atoms with van der Waals surface area (Å²) in [5.74, 6) is 0.932. The maximum atomic E-state index is 4.78. The molecule has 1 aliphatic carbocycles. The minimum atomic E-state index is 0. The number of rotatable bonds is 5. The average Bonchev–Trinajstić information content (AvgIpc) is 3.33. The Morgan fingerprint density at radius 2 is 1.89 bits per heavy atom. The highest BCUT2D eigenvalue weighted by Gasteiger charge is 2.27. The molecule has 28 heavy (non-hydrogen) atoms. The molecule has 1 aromatic rings. The molecule has 0 radical (unpaired) electrons. The van der Waals surface area contributed by atoms with Gasteiger partial charge in [0.1, 0.15) is 0 Å². The molecular formula is C21H38IN5S. The van der Waals surface area contributed by atoms with Gasteiger partial charge in [0.25, 0.3) is 0 Å². The van der Waals surface area contributed by atoms with Crippen molar-refractivity contribution >= 4 is 41.3 Å². The number of nitrogens with one attached hydrogen (secondary N) is 2. The van der Waals surface area contributed by atoms with Crippen molar-refractivity contribution in [1.82, 2.24) is 20.5 Å². The summed E-state index contributed by atoms with van der Waals surface area (Å²) in [6.45, 7) is 9.98. The van der Waals surface area contributed by atoms with Crippen molar-refractivity contribution in [2.45, 2.75) is 83.2 Å². The lowest BCUT2D eigenvalue weighted by atomic mass is 9.93. The molecule has 0 spiro atoms. The van der Waals surface area contributed by atoms with Crippen LogP contribution < -0.4 is 10.6 Å². The summed E-state index contributed by atoms with van der Waals surface area (Å²) < 4.78 is 0. The summed E-state index contributed by atoms with van der Waals surface area (Å²) in [4.78, 5) is 11.9. The minimum Gasteiger partial charge on any atom is -0.356 e. The molecule has 0 amide bonds. The molecule has 1 aromatic heterocycles. The first-order valence-corrected chi connectivity index (χ1v) is 11.5. The first-order valence-electron chi connectivity index (χ1n) is 10.6. The number of hydrogen-bond acceptors (Lipinski definition) is 4. The quantitative estimate of drug-likeness (QED) is 0.348. The fraction of sp³-hybridized carbons (Fsp3) is 0.810. The second-order valence-electron chi connectivity index (χ2n) is 9.02. The molecule has 2 fully saturated rings. The Balaban J connectivity index is 0.00000280. The number of thiazole rings is 1. The van der Waals surface area contributed by atoms with E-state index in [4.69, 9.17) is 4.98 Å². The van der Waals surface area contributed by atoms with Crippen LogP contribution in [0.3, 0.4) is 0 Å². The van der Waals surface area contributed by atoms with Crippen molar-refractivity contribution in [2.75, 3.05) is 26.7 Å². The van der Waals surface area contributed by atoms with Crippen LogP contribution in [-0.4, -0.2) is 54.6 Å². The number of likely N-dealkylation sites (tertiary alicyclic amines) is 1. The van der Waals surface area contributed by atoms with Crippen LogP contribution in [0.1, 0.15) is 70.0 Å². The number of piperidine rings is 1. The van der Waals surface area contributed by atoms with E-state index in [1.54, 1.807) is 11.3 Å². The fourth-order valence-electron chi connectivity index (χ4n) is 4.12. The third-order valence-electron chi connectivity index (χ3n) is 5.89. The normalized spacial score (nSPS) is 20.2. The molecule has 7 heteroatoms. The van der Waals surface area contributed by atoms with Gasteiger partial charge in [0.05, 0.1) is 10.7 Å². The summed E-state index contributed by atoms with van der Waals surface area (Å²) in [5, 5.41) is 10.5. The van der Waals surface area contributed by atoms with Crippen molar-refractivity contribution in [2.24, 2.45) is 4.99 Å². The third-order valence-corrected chi connectivity index (χ3v) is 6.80. The molecule has 2 aliphatic rings. The summed E-state index contributed by atoms with van der Waals surface area (Å²) in [6.07, 6.45) is 9.06. The highest BCUT2D eigenvalue weighted by atomic mass is 127. The van der Waals surface area contributed by atoms with E-state index >= 15 is 0 Å². The van der Waals surface area contributed by atoms with E-state index in [9.17, 15) is 0 Å². The van der Waals surface area contributed by atoms with Crippen molar-refractivity contribution in [3.8, 4) is 0 Å². The first kappa shape index (κ1) is 23.9. The molecule has 1 saturated carbocycles. The predicted molar refractivity (Wildman–Crippen MR) is 131 cm³/mol. The average molecular weight is 520 g/mol. The number of aliphatic imine (C=N–C) groups is 1. The third kappa shape index (κ3) is 6.83. The lowest BCUT2D eigenvalue weighted by Crippen LogP contribution is -2.50.